The molecule has 0 saturated carbocycles. The van der Waals surface area contributed by atoms with Crippen LogP contribution in [0.1, 0.15) is 0 Å². The Bertz CT molecular complexity index is 1330. The van der Waals surface area contributed by atoms with Gasteiger partial charge in [-0.15, -0.1) is 0 Å². The molecule has 1 N–H and O–H groups in total. The molecule has 2 aromatic heterocycles. The fourth-order valence-electron chi connectivity index (χ4n) is 3.16. The summed E-state index contributed by atoms with van der Waals surface area (Å²) in [5.41, 5.74) is 2.94. The van der Waals surface area contributed by atoms with Crippen molar-refractivity contribution in [3.05, 3.63) is 84.8 Å². The minimum absolute atomic E-state index is 0.397. The number of hydrogen-bond donors (Lipinski definition) is 1. The third-order valence-electron chi connectivity index (χ3n) is 4.52. The molecule has 0 saturated heterocycles. The van der Waals surface area contributed by atoms with E-state index in [1.54, 1.807) is 0 Å². The fourth-order valence-corrected chi connectivity index (χ4v) is 3.16. The van der Waals surface area contributed by atoms with Gasteiger partial charge in [-0.05, 0) is 36.4 Å². The number of fused-ring (bicyclic) bond motifs is 2. The van der Waals surface area contributed by atoms with E-state index in [2.05, 4.69) is 20.4 Å². The van der Waals surface area contributed by atoms with Crippen molar-refractivity contribution in [3.63, 3.8) is 0 Å². The number of nitrogens with one attached hydrogen (secondary N) is 1. The molecule has 3 aromatic carbocycles. The van der Waals surface area contributed by atoms with Gasteiger partial charge in [-0.25, -0.2) is 23.4 Å². The van der Waals surface area contributed by atoms with Gasteiger partial charge in [-0.2, -0.15) is 5.10 Å². The maximum Gasteiger partial charge on any atom is 0.160 e. The summed E-state index contributed by atoms with van der Waals surface area (Å²) in [6, 6.07) is 17.3. The van der Waals surface area contributed by atoms with Crippen molar-refractivity contribution in [2.75, 3.05) is 5.32 Å². The number of hydrogen-bond acceptors (Lipinski definition) is 4. The van der Waals surface area contributed by atoms with Crippen LogP contribution in [0.15, 0.2) is 73.2 Å². The molecule has 136 valence electrons. The molecule has 0 fully saturated rings. The molecule has 5 nitrogen and oxygen atoms in total. The van der Waals surface area contributed by atoms with Gasteiger partial charge in [-0.1, -0.05) is 18.2 Å². The molecule has 0 spiro atoms. The van der Waals surface area contributed by atoms with E-state index in [9.17, 15) is 8.78 Å². The molecule has 0 bridgehead atoms. The van der Waals surface area contributed by atoms with Gasteiger partial charge in [0.05, 0.1) is 22.9 Å². The first-order valence-electron chi connectivity index (χ1n) is 8.59. The zero-order chi connectivity index (χ0) is 19.1. The van der Waals surface area contributed by atoms with Crippen molar-refractivity contribution in [2.24, 2.45) is 0 Å². The Balaban J connectivity index is 1.62. The predicted octanol–water partition coefficient (Wildman–Crippen LogP) is 4.99. The lowest BCUT2D eigenvalue weighted by atomic mass is 10.2. The maximum absolute atomic E-state index is 13.5. The van der Waals surface area contributed by atoms with Gasteiger partial charge in [-0.3, -0.25) is 0 Å². The van der Waals surface area contributed by atoms with E-state index in [-0.39, 0.29) is 0 Å². The van der Waals surface area contributed by atoms with Crippen LogP contribution in [-0.4, -0.2) is 19.7 Å². The maximum atomic E-state index is 13.5. The molecule has 0 radical (unpaired) electrons. The summed E-state index contributed by atoms with van der Waals surface area (Å²) in [6.45, 7) is 0. The Kier molecular flexibility index (Phi) is 3.72. The highest BCUT2D eigenvalue weighted by Crippen LogP contribution is 2.27. The van der Waals surface area contributed by atoms with Crippen LogP contribution in [0.2, 0.25) is 0 Å². The van der Waals surface area contributed by atoms with Crippen LogP contribution in [0, 0.1) is 11.6 Å². The van der Waals surface area contributed by atoms with E-state index in [1.165, 1.54) is 12.4 Å². The Morgan fingerprint density at radius 3 is 2.64 bits per heavy atom. The van der Waals surface area contributed by atoms with Crippen LogP contribution in [-0.2, 0) is 0 Å². The highest BCUT2D eigenvalue weighted by Gasteiger charge is 2.10. The van der Waals surface area contributed by atoms with Crippen LogP contribution in [0.4, 0.5) is 20.3 Å². The summed E-state index contributed by atoms with van der Waals surface area (Å²) < 4.78 is 28.6. The molecule has 0 aliphatic carbocycles. The van der Waals surface area contributed by atoms with Crippen LogP contribution in [0.3, 0.4) is 0 Å². The molecule has 2 heterocycles. The number of anilines is 2. The van der Waals surface area contributed by atoms with Gasteiger partial charge in [0.25, 0.3) is 0 Å². The van der Waals surface area contributed by atoms with Crippen LogP contribution < -0.4 is 5.32 Å². The van der Waals surface area contributed by atoms with E-state index in [4.69, 9.17) is 0 Å². The van der Waals surface area contributed by atoms with Crippen molar-refractivity contribution >= 4 is 33.3 Å². The predicted molar refractivity (Wildman–Crippen MR) is 104 cm³/mol. The monoisotopic (exact) mass is 373 g/mol. The van der Waals surface area contributed by atoms with Crippen molar-refractivity contribution in [1.29, 1.82) is 0 Å². The van der Waals surface area contributed by atoms with Crippen molar-refractivity contribution in [1.82, 2.24) is 19.7 Å². The van der Waals surface area contributed by atoms with Gasteiger partial charge >= 0.3 is 0 Å². The number of halogens is 2. The smallest absolute Gasteiger partial charge is 0.160 e. The first-order valence-corrected chi connectivity index (χ1v) is 8.59. The fraction of sp³-hybridized carbons (Fsp3) is 0. The lowest BCUT2D eigenvalue weighted by Crippen LogP contribution is -2.00. The summed E-state index contributed by atoms with van der Waals surface area (Å²) in [5, 5.41) is 9.28. The number of para-hydroxylation sites is 1. The van der Waals surface area contributed by atoms with Gasteiger partial charge in [0.1, 0.15) is 12.1 Å². The summed E-state index contributed by atoms with van der Waals surface area (Å²) in [7, 11) is 0. The van der Waals surface area contributed by atoms with Crippen LogP contribution in [0.25, 0.3) is 27.5 Å². The zero-order valence-corrected chi connectivity index (χ0v) is 14.5. The van der Waals surface area contributed by atoms with Gasteiger partial charge in [0, 0.05) is 22.5 Å². The van der Waals surface area contributed by atoms with E-state index in [0.29, 0.717) is 11.5 Å². The van der Waals surface area contributed by atoms with Gasteiger partial charge in [0.2, 0.25) is 0 Å². The van der Waals surface area contributed by atoms with Crippen molar-refractivity contribution < 1.29 is 8.78 Å². The normalized spacial score (nSPS) is 11.2. The first kappa shape index (κ1) is 16.3. The average molecular weight is 373 g/mol. The zero-order valence-electron chi connectivity index (χ0n) is 14.5. The van der Waals surface area contributed by atoms with Gasteiger partial charge < -0.3 is 5.32 Å². The molecule has 0 atom stereocenters. The molecule has 5 aromatic rings. The average Bonchev–Trinajstić information content (AvgIpc) is 3.15. The first-order chi connectivity index (χ1) is 13.7. The number of benzene rings is 3. The molecule has 28 heavy (non-hydrogen) atoms. The lowest BCUT2D eigenvalue weighted by molar-refractivity contribution is 0.509. The summed E-state index contributed by atoms with van der Waals surface area (Å²) in [4.78, 5) is 8.56. The number of rotatable bonds is 3. The number of nitrogens with zero attached hydrogens (tertiary/aromatic N) is 4. The molecule has 5 rings (SSSR count). The topological polar surface area (TPSA) is 55.6 Å². The molecule has 0 aliphatic heterocycles. The molecule has 0 amide bonds. The third kappa shape index (κ3) is 2.73. The second-order valence-electron chi connectivity index (χ2n) is 6.29. The van der Waals surface area contributed by atoms with E-state index < -0.39 is 11.6 Å². The quantitative estimate of drug-likeness (QED) is 0.484. The summed E-state index contributed by atoms with van der Waals surface area (Å²) >= 11 is 0. The molecule has 0 unspecified atom stereocenters. The highest BCUT2D eigenvalue weighted by atomic mass is 19.2. The van der Waals surface area contributed by atoms with E-state index in [0.717, 1.165) is 39.6 Å². The lowest BCUT2D eigenvalue weighted by Gasteiger charge is -2.10. The second-order valence-corrected chi connectivity index (χ2v) is 6.29. The van der Waals surface area contributed by atoms with Crippen molar-refractivity contribution in [2.45, 2.75) is 0 Å². The van der Waals surface area contributed by atoms with E-state index >= 15 is 0 Å². The Hall–Kier alpha value is -3.87. The summed E-state index contributed by atoms with van der Waals surface area (Å²) in [6.07, 6.45) is 3.23. The van der Waals surface area contributed by atoms with Gasteiger partial charge in [0.15, 0.2) is 11.6 Å². The van der Waals surface area contributed by atoms with Crippen LogP contribution in [0.5, 0.6) is 0 Å². The van der Waals surface area contributed by atoms with Crippen LogP contribution >= 0.6 is 0 Å². The van der Waals surface area contributed by atoms with E-state index in [1.807, 2.05) is 53.3 Å². The summed E-state index contributed by atoms with van der Waals surface area (Å²) in [5.74, 6) is -1.33. The Morgan fingerprint density at radius 1 is 0.857 bits per heavy atom. The highest BCUT2D eigenvalue weighted by molar-refractivity contribution is 5.92. The minimum Gasteiger partial charge on any atom is -0.340 e. The molecule has 0 aliphatic rings. The largest absolute Gasteiger partial charge is 0.340 e. The standard InChI is InChI=1S/C21H13F2N5/c22-17-7-5-14(9-18(17)23)27-21-16-10-15(6-8-19(16)24-12-25-21)28-20-4-2-1-3-13(20)11-26-28/h1-12H,(H,24,25,27). The second kappa shape index (κ2) is 6.38. The Morgan fingerprint density at radius 2 is 1.75 bits per heavy atom. The Labute approximate surface area is 158 Å². The molecule has 7 heteroatoms. The number of aromatic nitrogens is 4. The SMILES string of the molecule is Fc1ccc(Nc2ncnc3ccc(-n4ncc5ccccc54)cc23)cc1F. The minimum atomic E-state index is -0.924. The van der Waals surface area contributed by atoms with Crippen molar-refractivity contribution in [3.8, 4) is 5.69 Å². The molecular formula is C21H13F2N5. The third-order valence-corrected chi connectivity index (χ3v) is 4.52. The molecular weight excluding hydrogens is 360 g/mol.